The zero-order valence-corrected chi connectivity index (χ0v) is 16.9. The van der Waals surface area contributed by atoms with Crippen molar-refractivity contribution in [3.05, 3.63) is 89.5 Å². The third-order valence-corrected chi connectivity index (χ3v) is 6.11. The van der Waals surface area contributed by atoms with Crippen LogP contribution in [0.4, 0.5) is 11.4 Å². The molecule has 4 rings (SSSR count). The normalized spacial score (nSPS) is 17.7. The maximum atomic E-state index is 3.76. The summed E-state index contributed by atoms with van der Waals surface area (Å²) >= 11 is 1.65. The second-order valence-corrected chi connectivity index (χ2v) is 8.86. The van der Waals surface area contributed by atoms with Gasteiger partial charge in [0.15, 0.2) is 0 Å². The van der Waals surface area contributed by atoms with Crippen LogP contribution in [-0.2, 0) is 5.41 Å². The Labute approximate surface area is 166 Å². The summed E-state index contributed by atoms with van der Waals surface area (Å²) in [6, 6.07) is 26.2. The lowest BCUT2D eigenvalue weighted by Crippen LogP contribution is -2.31. The van der Waals surface area contributed by atoms with Crippen molar-refractivity contribution >= 4 is 23.3 Å². The van der Waals surface area contributed by atoms with E-state index >= 15 is 0 Å². The first-order valence-corrected chi connectivity index (χ1v) is 10.3. The summed E-state index contributed by atoms with van der Waals surface area (Å²) in [5, 5.41) is 3.76. The molecule has 3 aromatic rings. The Bertz CT molecular complexity index is 934. The van der Waals surface area contributed by atoms with Crippen LogP contribution in [0.15, 0.2) is 77.7 Å². The van der Waals surface area contributed by atoms with E-state index in [-0.39, 0.29) is 5.41 Å². The number of hydrogen-bond acceptors (Lipinski definition) is 3. The second kappa shape index (κ2) is 7.32. The summed E-state index contributed by atoms with van der Waals surface area (Å²) < 4.78 is 3.48. The molecule has 1 atom stereocenters. The Morgan fingerprint density at radius 3 is 2.59 bits per heavy atom. The molecule has 138 valence electrons. The second-order valence-electron chi connectivity index (χ2n) is 7.98. The third kappa shape index (κ3) is 3.98. The molecule has 0 saturated carbocycles. The van der Waals surface area contributed by atoms with Gasteiger partial charge in [-0.05, 0) is 72.2 Å². The van der Waals surface area contributed by atoms with Crippen LogP contribution in [0.2, 0.25) is 0 Å². The molecule has 0 radical (unpaired) electrons. The zero-order valence-electron chi connectivity index (χ0n) is 16.1. The van der Waals surface area contributed by atoms with Crippen molar-refractivity contribution in [2.24, 2.45) is 0 Å². The van der Waals surface area contributed by atoms with E-state index in [4.69, 9.17) is 0 Å². The van der Waals surface area contributed by atoms with E-state index in [1.807, 2.05) is 6.07 Å². The topological polar surface area (TPSA) is 24.1 Å². The molecule has 3 aromatic carbocycles. The Morgan fingerprint density at radius 1 is 0.963 bits per heavy atom. The molecule has 2 N–H and O–H groups in total. The lowest BCUT2D eigenvalue weighted by atomic mass is 9.73. The molecule has 2 nitrogen and oxygen atoms in total. The van der Waals surface area contributed by atoms with Gasteiger partial charge < -0.3 is 10.0 Å². The van der Waals surface area contributed by atoms with Gasteiger partial charge in [-0.15, -0.1) is 0 Å². The summed E-state index contributed by atoms with van der Waals surface area (Å²) in [6.07, 6.45) is 1.08. The van der Waals surface area contributed by atoms with Crippen molar-refractivity contribution in [1.29, 1.82) is 0 Å². The molecule has 1 aliphatic heterocycles. The van der Waals surface area contributed by atoms with Gasteiger partial charge in [-0.3, -0.25) is 0 Å². The van der Waals surface area contributed by atoms with Crippen molar-refractivity contribution in [2.75, 3.05) is 10.0 Å². The van der Waals surface area contributed by atoms with E-state index in [1.165, 1.54) is 27.3 Å². The summed E-state index contributed by atoms with van der Waals surface area (Å²) in [6.45, 7) is 6.88. The predicted molar refractivity (Wildman–Crippen MR) is 118 cm³/mol. The highest BCUT2D eigenvalue weighted by molar-refractivity contribution is 8.00. The van der Waals surface area contributed by atoms with Gasteiger partial charge in [0.2, 0.25) is 0 Å². The average molecular weight is 375 g/mol. The van der Waals surface area contributed by atoms with Gasteiger partial charge in [0.05, 0.1) is 6.04 Å². The van der Waals surface area contributed by atoms with E-state index in [9.17, 15) is 0 Å². The van der Waals surface area contributed by atoms with Gasteiger partial charge in [-0.2, -0.15) is 0 Å². The third-order valence-electron chi connectivity index (χ3n) is 5.27. The summed E-state index contributed by atoms with van der Waals surface area (Å²) in [4.78, 5) is 1.21. The molecule has 1 aliphatic rings. The van der Waals surface area contributed by atoms with Crippen molar-refractivity contribution in [2.45, 2.75) is 43.5 Å². The fourth-order valence-electron chi connectivity index (χ4n) is 3.83. The Morgan fingerprint density at radius 2 is 1.78 bits per heavy atom. The van der Waals surface area contributed by atoms with Gasteiger partial charge in [-0.25, -0.2) is 0 Å². The molecule has 0 amide bonds. The van der Waals surface area contributed by atoms with Crippen LogP contribution in [0.1, 0.15) is 43.0 Å². The Hall–Kier alpha value is -2.39. The van der Waals surface area contributed by atoms with E-state index in [0.717, 1.165) is 12.1 Å². The Balaban J connectivity index is 1.54. The quantitative estimate of drug-likeness (QED) is 0.483. The first-order valence-electron chi connectivity index (χ1n) is 9.47. The van der Waals surface area contributed by atoms with Crippen LogP contribution < -0.4 is 10.0 Å². The predicted octanol–water partition coefficient (Wildman–Crippen LogP) is 6.95. The molecule has 1 unspecified atom stereocenters. The van der Waals surface area contributed by atoms with Gasteiger partial charge in [0, 0.05) is 16.3 Å². The molecule has 1 heterocycles. The SMILES string of the molecule is Cc1ccc2c(c1)C(C)(C)CC(c1cccc(NSc3ccccc3)c1)N2. The van der Waals surface area contributed by atoms with Crippen LogP contribution in [-0.4, -0.2) is 0 Å². The van der Waals surface area contributed by atoms with Gasteiger partial charge >= 0.3 is 0 Å². The number of benzene rings is 3. The maximum absolute atomic E-state index is 3.76. The van der Waals surface area contributed by atoms with Crippen LogP contribution in [0, 0.1) is 6.92 Å². The lowest BCUT2D eigenvalue weighted by molar-refractivity contribution is 0.427. The number of fused-ring (bicyclic) bond motifs is 1. The maximum Gasteiger partial charge on any atom is 0.0523 e. The van der Waals surface area contributed by atoms with Crippen LogP contribution >= 0.6 is 11.9 Å². The average Bonchev–Trinajstić information content (AvgIpc) is 2.67. The fraction of sp³-hybridized carbons (Fsp3) is 0.250. The molecule has 0 aromatic heterocycles. The standard InChI is InChI=1S/C24H26N2S/c1-17-12-13-22-21(14-17)24(2,3)16-23(25-22)18-8-7-9-19(15-18)26-27-20-10-5-4-6-11-20/h4-15,23,25-26H,16H2,1-3H3. The smallest absolute Gasteiger partial charge is 0.0523 e. The first kappa shape index (κ1) is 18.0. The lowest BCUT2D eigenvalue weighted by Gasteiger charge is -2.39. The molecule has 3 heteroatoms. The number of rotatable bonds is 4. The molecule has 0 spiro atoms. The van der Waals surface area contributed by atoms with E-state index in [1.54, 1.807) is 11.9 Å². The summed E-state index contributed by atoms with van der Waals surface area (Å²) in [7, 11) is 0. The number of aryl methyl sites for hydroxylation is 1. The van der Waals surface area contributed by atoms with E-state index < -0.39 is 0 Å². The van der Waals surface area contributed by atoms with Crippen molar-refractivity contribution in [3.63, 3.8) is 0 Å². The van der Waals surface area contributed by atoms with Crippen molar-refractivity contribution in [1.82, 2.24) is 0 Å². The minimum absolute atomic E-state index is 0.152. The zero-order chi connectivity index (χ0) is 18.9. The summed E-state index contributed by atoms with van der Waals surface area (Å²) in [5.41, 5.74) is 6.63. The van der Waals surface area contributed by atoms with Gasteiger partial charge in [-0.1, -0.05) is 61.9 Å². The molecular weight excluding hydrogens is 348 g/mol. The van der Waals surface area contributed by atoms with Crippen LogP contribution in [0.3, 0.4) is 0 Å². The highest BCUT2D eigenvalue weighted by Crippen LogP contribution is 2.44. The van der Waals surface area contributed by atoms with Gasteiger partial charge in [0.1, 0.15) is 0 Å². The minimum atomic E-state index is 0.152. The van der Waals surface area contributed by atoms with Gasteiger partial charge in [0.25, 0.3) is 0 Å². The number of nitrogens with one attached hydrogen (secondary N) is 2. The first-order chi connectivity index (χ1) is 13.0. The van der Waals surface area contributed by atoms with Crippen LogP contribution in [0.25, 0.3) is 0 Å². The van der Waals surface area contributed by atoms with Crippen molar-refractivity contribution < 1.29 is 0 Å². The molecule has 0 saturated heterocycles. The molecule has 0 fully saturated rings. The number of anilines is 2. The van der Waals surface area contributed by atoms with E-state index in [2.05, 4.69) is 97.5 Å². The largest absolute Gasteiger partial charge is 0.378 e. The monoisotopic (exact) mass is 374 g/mol. The number of hydrogen-bond donors (Lipinski definition) is 2. The molecule has 27 heavy (non-hydrogen) atoms. The highest BCUT2D eigenvalue weighted by Gasteiger charge is 2.33. The van der Waals surface area contributed by atoms with E-state index in [0.29, 0.717) is 6.04 Å². The molecule has 0 aliphatic carbocycles. The van der Waals surface area contributed by atoms with Crippen LogP contribution in [0.5, 0.6) is 0 Å². The Kier molecular flexibility index (Phi) is 4.88. The highest BCUT2D eigenvalue weighted by atomic mass is 32.2. The summed E-state index contributed by atoms with van der Waals surface area (Å²) in [5.74, 6) is 0. The molecule has 0 bridgehead atoms. The fourth-order valence-corrected chi connectivity index (χ4v) is 4.49. The molecular formula is C24H26N2S. The van der Waals surface area contributed by atoms with Crippen molar-refractivity contribution in [3.8, 4) is 0 Å². The minimum Gasteiger partial charge on any atom is -0.378 e.